The molecule has 67 heavy (non-hydrogen) atoms. The lowest BCUT2D eigenvalue weighted by molar-refractivity contribution is 0.0245. The Morgan fingerprint density at radius 1 is 0.478 bits per heavy atom. The number of rotatable bonds is 3. The van der Waals surface area contributed by atoms with Crippen LogP contribution in [0.2, 0.25) is 0 Å². The van der Waals surface area contributed by atoms with E-state index in [1.807, 2.05) is 84.9 Å². The predicted molar refractivity (Wildman–Crippen MR) is 263 cm³/mol. The molecule has 0 bridgehead atoms. The number of aromatic amines is 2. The summed E-state index contributed by atoms with van der Waals surface area (Å²) in [5.74, 6) is -1.31. The number of allylic oxidation sites excluding steroid dienone is 3. The number of morpholine rings is 1. The van der Waals surface area contributed by atoms with Gasteiger partial charge in [-0.3, -0.25) is 34.7 Å². The van der Waals surface area contributed by atoms with Crippen molar-refractivity contribution in [2.24, 2.45) is 0 Å². The summed E-state index contributed by atoms with van der Waals surface area (Å²) in [4.78, 5) is 62.0. The zero-order valence-electron chi connectivity index (χ0n) is 35.9. The molecule has 10 aromatic rings. The summed E-state index contributed by atoms with van der Waals surface area (Å²) in [6.45, 7) is 3.43. The molecule has 6 aromatic carbocycles. The first-order valence-electron chi connectivity index (χ1n) is 22.9. The van der Waals surface area contributed by atoms with Crippen molar-refractivity contribution in [1.29, 1.82) is 0 Å². The van der Waals surface area contributed by atoms with Crippen molar-refractivity contribution in [3.63, 3.8) is 0 Å². The van der Waals surface area contributed by atoms with Crippen LogP contribution in [0, 0.1) is 0 Å². The minimum absolute atomic E-state index is 0.0290. The van der Waals surface area contributed by atoms with Crippen LogP contribution in [0.15, 0.2) is 121 Å². The molecule has 0 saturated carbocycles. The van der Waals surface area contributed by atoms with Gasteiger partial charge in [-0.25, -0.2) is 0 Å². The van der Waals surface area contributed by atoms with Crippen LogP contribution in [-0.4, -0.2) is 85.4 Å². The third-order valence-electron chi connectivity index (χ3n) is 14.8. The number of carbonyl (C=O) groups is 4. The van der Waals surface area contributed by atoms with Crippen LogP contribution in [0.25, 0.3) is 87.2 Å². The average molecular weight is 902 g/mol. The summed E-state index contributed by atoms with van der Waals surface area (Å²) in [5, 5.41) is 12.2. The van der Waals surface area contributed by atoms with Crippen molar-refractivity contribution in [3.05, 3.63) is 144 Å². The Morgan fingerprint density at radius 2 is 0.896 bits per heavy atom. The number of carbonyl (C=O) groups excluding carboxylic acids is 4. The Balaban J connectivity index is 0.000000129. The number of benzene rings is 6. The number of amides is 4. The molecule has 13 heteroatoms. The molecule has 0 radical (unpaired) electrons. The second-order valence-corrected chi connectivity index (χ2v) is 18.8. The summed E-state index contributed by atoms with van der Waals surface area (Å²) in [6.07, 6.45) is 10.5. The number of para-hydroxylation sites is 4. The number of fused-ring (bicyclic) bond motifs is 20. The first-order chi connectivity index (χ1) is 32.8. The lowest BCUT2D eigenvalue weighted by Crippen LogP contribution is -2.42. The van der Waals surface area contributed by atoms with Gasteiger partial charge in [-0.05, 0) is 37.1 Å². The molecule has 3 aliphatic heterocycles. The quantitative estimate of drug-likeness (QED) is 0.0789. The number of H-pyrrole nitrogens is 2. The van der Waals surface area contributed by atoms with Crippen molar-refractivity contribution in [2.75, 3.05) is 26.3 Å². The van der Waals surface area contributed by atoms with Gasteiger partial charge in [-0.1, -0.05) is 97.1 Å². The zero-order valence-corrected chi connectivity index (χ0v) is 36.6. The molecule has 12 nitrogen and oxygen atoms in total. The van der Waals surface area contributed by atoms with E-state index in [1.165, 1.54) is 0 Å². The Kier molecular flexibility index (Phi) is 8.24. The normalized spacial score (nSPS) is 21.6. The predicted octanol–water partition coefficient (Wildman–Crippen LogP) is 9.94. The fourth-order valence-electron chi connectivity index (χ4n) is 12.1. The molecule has 4 amide bonds. The molecular weight excluding hydrogens is 862 g/mol. The zero-order chi connectivity index (χ0) is 44.8. The maximum atomic E-state index is 13.2. The van der Waals surface area contributed by atoms with E-state index in [9.17, 15) is 19.2 Å². The monoisotopic (exact) mass is 901 g/mol. The van der Waals surface area contributed by atoms with Crippen molar-refractivity contribution >= 4 is 122 Å². The van der Waals surface area contributed by atoms with Gasteiger partial charge in [0.15, 0.2) is 0 Å². The maximum absolute atomic E-state index is 13.2. The molecule has 0 spiro atoms. The van der Waals surface area contributed by atoms with Crippen molar-refractivity contribution in [3.8, 4) is 0 Å². The van der Waals surface area contributed by atoms with Gasteiger partial charge in [0.2, 0.25) is 0 Å². The van der Waals surface area contributed by atoms with Gasteiger partial charge < -0.3 is 23.8 Å². The summed E-state index contributed by atoms with van der Waals surface area (Å²) in [5.41, 5.74) is 9.62. The van der Waals surface area contributed by atoms with Crippen LogP contribution in [-0.2, 0) is 4.74 Å². The van der Waals surface area contributed by atoms with Gasteiger partial charge in [0, 0.05) is 84.3 Å². The lowest BCUT2D eigenvalue weighted by Gasteiger charge is -2.32. The van der Waals surface area contributed by atoms with Crippen molar-refractivity contribution in [1.82, 2.24) is 34.6 Å². The van der Waals surface area contributed by atoms with Gasteiger partial charge in [-0.15, -0.1) is 11.6 Å². The Labute approximate surface area is 385 Å². The first kappa shape index (κ1) is 38.7. The molecule has 4 N–H and O–H groups in total. The summed E-state index contributed by atoms with van der Waals surface area (Å²) in [7, 11) is 0. The number of hydrogen-bond donors (Lipinski definition) is 4. The lowest BCUT2D eigenvalue weighted by atomic mass is 9.96. The maximum Gasteiger partial charge on any atom is 0.259 e. The third-order valence-corrected chi connectivity index (χ3v) is 15.1. The minimum atomic E-state index is -0.338. The number of aromatic nitrogens is 4. The fourth-order valence-corrected chi connectivity index (χ4v) is 12.4. The van der Waals surface area contributed by atoms with Gasteiger partial charge in [0.1, 0.15) is 0 Å². The average Bonchev–Trinajstić information content (AvgIpc) is 4.23. The number of halogens is 1. The number of hydrogen-bond acceptors (Lipinski definition) is 6. The fraction of sp³-hybridized carbons (Fsp3) is 0.185. The van der Waals surface area contributed by atoms with E-state index in [0.29, 0.717) is 28.3 Å². The van der Waals surface area contributed by atoms with E-state index in [2.05, 4.69) is 71.1 Å². The number of imide groups is 2. The topological polar surface area (TPSA) is 146 Å². The highest BCUT2D eigenvalue weighted by Crippen LogP contribution is 2.48. The van der Waals surface area contributed by atoms with Crippen LogP contribution >= 0.6 is 11.6 Å². The number of nitrogens with zero attached hydrogens (tertiary/aromatic N) is 3. The van der Waals surface area contributed by atoms with Gasteiger partial charge in [-0.2, -0.15) is 0 Å². The Hall–Kier alpha value is -7.51. The van der Waals surface area contributed by atoms with E-state index >= 15 is 0 Å². The summed E-state index contributed by atoms with van der Waals surface area (Å²) >= 11 is 6.43. The van der Waals surface area contributed by atoms with E-state index in [1.54, 1.807) is 0 Å². The van der Waals surface area contributed by atoms with Gasteiger partial charge >= 0.3 is 0 Å². The first-order valence-corrected chi connectivity index (χ1v) is 23.3. The molecule has 4 atom stereocenters. The van der Waals surface area contributed by atoms with Crippen LogP contribution < -0.4 is 10.6 Å². The van der Waals surface area contributed by atoms with E-state index < -0.39 is 0 Å². The van der Waals surface area contributed by atoms with Crippen molar-refractivity contribution in [2.45, 2.75) is 36.3 Å². The standard InChI is InChI=1S/C29H24N4O3.C25H16ClN3O2/c34-28-24-22-18-5-1-3-7-20(18)30-26(22)27-23(25(24)29(35)31-28)19-6-2-4-8-21(19)33(27)17-10-9-16(15-17)32-11-13-36-14-12-32;26-12-9-10-13(11-12)29-17-8-4-2-6-15(17)19-21-20(24(30)28-25(21)31)18-14-5-1-3-7-16(14)27-22(18)23(19)29/h1-10,16-17,30H,11-15H2,(H,31,34,35);1-10,12-13,27H,11H2,(H,28,30,31)/t16-,17?;12-,13?/m10/s1. The largest absolute Gasteiger partial charge is 0.379 e. The SMILES string of the molecule is O=C1NC(=O)c2c1c1c3ccccc3[nH]c1c1c2c2ccccc2n1C1C=C[C@@H](N2CCOCC2)C1.O=C1NC(=O)c2c1c1c3ccccc3[nH]c1c1c2c2ccccc2n1C1C=C[C@H](Cl)C1. The smallest absolute Gasteiger partial charge is 0.259 e. The molecule has 2 aliphatic carbocycles. The van der Waals surface area contributed by atoms with Crippen LogP contribution in [0.4, 0.5) is 0 Å². The van der Waals surface area contributed by atoms with E-state index in [4.69, 9.17) is 16.3 Å². The molecule has 2 unspecified atom stereocenters. The second kappa shape index (κ2) is 14.2. The molecule has 328 valence electrons. The Bertz CT molecular complexity index is 3960. The molecule has 1 fully saturated rings. The van der Waals surface area contributed by atoms with Crippen molar-refractivity contribution < 1.29 is 23.9 Å². The van der Waals surface area contributed by atoms with Gasteiger partial charge in [0.25, 0.3) is 23.6 Å². The van der Waals surface area contributed by atoms with Crippen LogP contribution in [0.3, 0.4) is 0 Å². The highest BCUT2D eigenvalue weighted by molar-refractivity contribution is 6.41. The van der Waals surface area contributed by atoms with Crippen LogP contribution in [0.1, 0.15) is 66.4 Å². The highest BCUT2D eigenvalue weighted by Gasteiger charge is 2.39. The summed E-state index contributed by atoms with van der Waals surface area (Å²) < 4.78 is 10.2. The molecule has 4 aromatic heterocycles. The van der Waals surface area contributed by atoms with E-state index in [-0.39, 0.29) is 41.1 Å². The molecule has 15 rings (SSSR count). The third kappa shape index (κ3) is 5.37. The van der Waals surface area contributed by atoms with E-state index in [0.717, 1.165) is 126 Å². The molecule has 7 heterocycles. The number of ether oxygens (including phenoxy) is 1. The number of alkyl halides is 1. The summed E-state index contributed by atoms with van der Waals surface area (Å²) in [6, 6.07) is 32.8. The second-order valence-electron chi connectivity index (χ2n) is 18.2. The minimum Gasteiger partial charge on any atom is -0.379 e. The Morgan fingerprint density at radius 3 is 1.39 bits per heavy atom. The molecular formula is C54H40ClN7O5. The van der Waals surface area contributed by atoms with Gasteiger partial charge in [0.05, 0.1) is 75.0 Å². The molecule has 5 aliphatic rings. The highest BCUT2D eigenvalue weighted by atomic mass is 35.5. The van der Waals surface area contributed by atoms with Crippen LogP contribution in [0.5, 0.6) is 0 Å². The number of nitrogens with one attached hydrogen (secondary N) is 4. The molecule has 1 saturated heterocycles.